The molecule has 230 valence electrons. The number of aromatic nitrogens is 3. The minimum absolute atomic E-state index is 0.649. The number of benzene rings is 7. The zero-order valence-electron chi connectivity index (χ0n) is 26.5. The van der Waals surface area contributed by atoms with Gasteiger partial charge in [0.1, 0.15) is 0 Å². The maximum absolute atomic E-state index is 5.00. The highest BCUT2D eigenvalue weighted by Crippen LogP contribution is 2.41. The Morgan fingerprint density at radius 2 is 0.735 bits per heavy atom. The lowest BCUT2D eigenvalue weighted by Crippen LogP contribution is -2.00. The third-order valence-corrected chi connectivity index (χ3v) is 10.2. The number of hydrogen-bond acceptors (Lipinski definition) is 4. The van der Waals surface area contributed by atoms with E-state index in [-0.39, 0.29) is 0 Å². The molecule has 0 fully saturated rings. The first kappa shape index (κ1) is 29.0. The molecule has 0 unspecified atom stereocenters. The van der Waals surface area contributed by atoms with Crippen molar-refractivity contribution in [2.24, 2.45) is 0 Å². The minimum atomic E-state index is 0.649. The van der Waals surface area contributed by atoms with Gasteiger partial charge < -0.3 is 0 Å². The summed E-state index contributed by atoms with van der Waals surface area (Å²) < 4.78 is 2.59. The van der Waals surface area contributed by atoms with Crippen LogP contribution in [0.5, 0.6) is 0 Å². The van der Waals surface area contributed by atoms with Crippen LogP contribution in [-0.4, -0.2) is 15.0 Å². The second-order valence-electron chi connectivity index (χ2n) is 12.1. The summed E-state index contributed by atoms with van der Waals surface area (Å²) in [6, 6.07) is 61.6. The largest absolute Gasteiger partial charge is 0.208 e. The van der Waals surface area contributed by atoms with Crippen LogP contribution >= 0.6 is 11.3 Å². The predicted molar refractivity (Wildman–Crippen MR) is 205 cm³/mol. The van der Waals surface area contributed by atoms with Crippen molar-refractivity contribution in [3.05, 3.63) is 176 Å². The number of nitrogens with zero attached hydrogens (tertiary/aromatic N) is 3. The van der Waals surface area contributed by atoms with Crippen molar-refractivity contribution in [1.29, 1.82) is 0 Å². The van der Waals surface area contributed by atoms with E-state index in [2.05, 4.69) is 140 Å². The Balaban J connectivity index is 1.09. The minimum Gasteiger partial charge on any atom is -0.208 e. The van der Waals surface area contributed by atoms with E-state index in [0.29, 0.717) is 17.5 Å². The first-order chi connectivity index (χ1) is 24.3. The van der Waals surface area contributed by atoms with E-state index in [1.165, 1.54) is 48.0 Å². The number of rotatable bonds is 6. The Hall–Kier alpha value is -6.23. The van der Waals surface area contributed by atoms with Crippen molar-refractivity contribution in [3.8, 4) is 67.5 Å². The van der Waals surface area contributed by atoms with Gasteiger partial charge in [-0.1, -0.05) is 164 Å². The first-order valence-electron chi connectivity index (χ1n) is 16.4. The van der Waals surface area contributed by atoms with Crippen molar-refractivity contribution in [2.75, 3.05) is 0 Å². The Labute approximate surface area is 288 Å². The molecular formula is C45H29N3S. The molecule has 0 aliphatic heterocycles. The number of thiophene rings is 1. The smallest absolute Gasteiger partial charge is 0.164 e. The van der Waals surface area contributed by atoms with Crippen LogP contribution in [0.4, 0.5) is 0 Å². The SMILES string of the molecule is c1ccc(-c2ccc(-c3nc(-c4ccccc4)nc(-c4ccc(-c5cccc6c5sc5ccc(-c7ccccc7)cc56)cc4)n3)cc2)cc1. The third kappa shape index (κ3) is 5.58. The highest BCUT2D eigenvalue weighted by atomic mass is 32.1. The molecule has 0 bridgehead atoms. The highest BCUT2D eigenvalue weighted by Gasteiger charge is 2.15. The van der Waals surface area contributed by atoms with Crippen LogP contribution in [0, 0.1) is 0 Å². The van der Waals surface area contributed by atoms with Gasteiger partial charge >= 0.3 is 0 Å². The van der Waals surface area contributed by atoms with Gasteiger partial charge in [-0.05, 0) is 45.5 Å². The Bertz CT molecular complexity index is 2560. The predicted octanol–water partition coefficient (Wildman–Crippen LogP) is 12.2. The fourth-order valence-electron chi connectivity index (χ4n) is 6.43. The molecule has 9 rings (SSSR count). The Kier molecular flexibility index (Phi) is 7.34. The van der Waals surface area contributed by atoms with Crippen LogP contribution in [0.2, 0.25) is 0 Å². The van der Waals surface area contributed by atoms with E-state index in [0.717, 1.165) is 22.3 Å². The fraction of sp³-hybridized carbons (Fsp3) is 0. The summed E-state index contributed by atoms with van der Waals surface area (Å²) in [5.41, 5.74) is 10.0. The van der Waals surface area contributed by atoms with Crippen LogP contribution in [0.1, 0.15) is 0 Å². The second kappa shape index (κ2) is 12.4. The maximum atomic E-state index is 5.00. The van der Waals surface area contributed by atoms with E-state index < -0.39 is 0 Å². The molecule has 3 nitrogen and oxygen atoms in total. The topological polar surface area (TPSA) is 38.7 Å². The lowest BCUT2D eigenvalue weighted by atomic mass is 9.99. The van der Waals surface area contributed by atoms with E-state index in [9.17, 15) is 0 Å². The molecule has 2 aromatic heterocycles. The van der Waals surface area contributed by atoms with Gasteiger partial charge in [-0.25, -0.2) is 15.0 Å². The van der Waals surface area contributed by atoms with Gasteiger partial charge in [0.25, 0.3) is 0 Å². The molecule has 0 N–H and O–H groups in total. The molecule has 0 saturated carbocycles. The van der Waals surface area contributed by atoms with Crippen LogP contribution in [0.3, 0.4) is 0 Å². The zero-order valence-corrected chi connectivity index (χ0v) is 27.3. The van der Waals surface area contributed by atoms with Crippen molar-refractivity contribution in [3.63, 3.8) is 0 Å². The summed E-state index contributed by atoms with van der Waals surface area (Å²) in [6.45, 7) is 0. The Morgan fingerprint density at radius 1 is 0.306 bits per heavy atom. The first-order valence-corrected chi connectivity index (χ1v) is 17.2. The van der Waals surface area contributed by atoms with Gasteiger partial charge in [-0.15, -0.1) is 11.3 Å². The van der Waals surface area contributed by atoms with E-state index in [1.807, 2.05) is 47.7 Å². The molecular weight excluding hydrogens is 615 g/mol. The van der Waals surface area contributed by atoms with Crippen LogP contribution < -0.4 is 0 Å². The Morgan fingerprint density at radius 3 is 1.31 bits per heavy atom. The molecule has 0 amide bonds. The number of hydrogen-bond donors (Lipinski definition) is 0. The lowest BCUT2D eigenvalue weighted by Gasteiger charge is -2.10. The quantitative estimate of drug-likeness (QED) is 0.181. The molecule has 4 heteroatoms. The molecule has 49 heavy (non-hydrogen) atoms. The highest BCUT2D eigenvalue weighted by molar-refractivity contribution is 7.26. The van der Waals surface area contributed by atoms with Gasteiger partial charge in [0.05, 0.1) is 0 Å². The van der Waals surface area contributed by atoms with Crippen LogP contribution in [0.25, 0.3) is 87.7 Å². The average Bonchev–Trinajstić information content (AvgIpc) is 3.57. The van der Waals surface area contributed by atoms with Crippen molar-refractivity contribution in [2.45, 2.75) is 0 Å². The van der Waals surface area contributed by atoms with Gasteiger partial charge in [0.2, 0.25) is 0 Å². The zero-order chi connectivity index (χ0) is 32.6. The molecule has 2 heterocycles. The van der Waals surface area contributed by atoms with Gasteiger partial charge in [-0.3, -0.25) is 0 Å². The van der Waals surface area contributed by atoms with Crippen LogP contribution in [0.15, 0.2) is 176 Å². The van der Waals surface area contributed by atoms with Gasteiger partial charge in [-0.2, -0.15) is 0 Å². The fourth-order valence-corrected chi connectivity index (χ4v) is 7.65. The van der Waals surface area contributed by atoms with Crippen molar-refractivity contribution in [1.82, 2.24) is 15.0 Å². The monoisotopic (exact) mass is 643 g/mol. The molecule has 0 spiro atoms. The maximum Gasteiger partial charge on any atom is 0.164 e. The molecule has 7 aromatic carbocycles. The van der Waals surface area contributed by atoms with Crippen LogP contribution in [-0.2, 0) is 0 Å². The standard InChI is InChI=1S/C45H29N3S/c1-4-11-30(12-5-1)32-19-23-35(24-20-32)44-46-43(34-15-8-3-9-16-34)47-45(48-44)36-25-21-33(22-26-36)38-17-10-18-39-40-29-37(31-13-6-2-7-14-31)27-28-41(40)49-42(38)39/h1-29H. The molecule has 0 aliphatic carbocycles. The van der Waals surface area contributed by atoms with E-state index in [1.54, 1.807) is 0 Å². The van der Waals surface area contributed by atoms with Crippen molar-refractivity contribution >= 4 is 31.5 Å². The summed E-state index contributed by atoms with van der Waals surface area (Å²) in [5.74, 6) is 1.95. The van der Waals surface area contributed by atoms with Crippen molar-refractivity contribution < 1.29 is 0 Å². The summed E-state index contributed by atoms with van der Waals surface area (Å²) in [6.07, 6.45) is 0. The molecule has 0 aliphatic rings. The van der Waals surface area contributed by atoms with Gasteiger partial charge in [0.15, 0.2) is 17.5 Å². The molecule has 0 atom stereocenters. The second-order valence-corrected chi connectivity index (χ2v) is 13.1. The summed E-state index contributed by atoms with van der Waals surface area (Å²) in [7, 11) is 0. The van der Waals surface area contributed by atoms with E-state index in [4.69, 9.17) is 15.0 Å². The summed E-state index contributed by atoms with van der Waals surface area (Å²) >= 11 is 1.85. The molecule has 0 saturated heterocycles. The molecule has 0 radical (unpaired) electrons. The normalized spacial score (nSPS) is 11.3. The summed E-state index contributed by atoms with van der Waals surface area (Å²) in [5, 5.41) is 2.58. The lowest BCUT2D eigenvalue weighted by molar-refractivity contribution is 1.07. The third-order valence-electron chi connectivity index (χ3n) is 8.98. The number of fused-ring (bicyclic) bond motifs is 3. The van der Waals surface area contributed by atoms with Gasteiger partial charge in [0, 0.05) is 36.9 Å². The van der Waals surface area contributed by atoms with E-state index >= 15 is 0 Å². The molecule has 9 aromatic rings. The summed E-state index contributed by atoms with van der Waals surface area (Å²) in [4.78, 5) is 14.9. The average molecular weight is 644 g/mol.